The zero-order valence-corrected chi connectivity index (χ0v) is 13.9. The van der Waals surface area contributed by atoms with Gasteiger partial charge in [-0.05, 0) is 38.3 Å². The van der Waals surface area contributed by atoms with Crippen LogP contribution in [-0.2, 0) is 0 Å². The second kappa shape index (κ2) is 8.23. The van der Waals surface area contributed by atoms with E-state index in [9.17, 15) is 18.9 Å². The standard InChI is InChI=1S/C16H23F2N3O3/c1-11-4-3-7-20(10-11)12(2)9-19-13-5-6-14(21(22)23)15(8-13)24-16(17)18/h5-6,8,11-12,16,19H,3-4,7,9-10H2,1-2H3. The number of alkyl halides is 2. The lowest BCUT2D eigenvalue weighted by Crippen LogP contribution is -2.43. The molecule has 1 heterocycles. The number of nitro groups is 1. The molecule has 0 spiro atoms. The van der Waals surface area contributed by atoms with E-state index in [1.165, 1.54) is 31.0 Å². The molecule has 1 aliphatic heterocycles. The minimum Gasteiger partial charge on any atom is -0.427 e. The maximum atomic E-state index is 12.4. The molecule has 0 radical (unpaired) electrons. The summed E-state index contributed by atoms with van der Waals surface area (Å²) < 4.78 is 29.1. The van der Waals surface area contributed by atoms with Crippen LogP contribution in [0.3, 0.4) is 0 Å². The van der Waals surface area contributed by atoms with Gasteiger partial charge in [-0.15, -0.1) is 0 Å². The van der Waals surface area contributed by atoms with Crippen LogP contribution in [0.2, 0.25) is 0 Å². The molecule has 134 valence electrons. The maximum Gasteiger partial charge on any atom is 0.387 e. The van der Waals surface area contributed by atoms with Gasteiger partial charge >= 0.3 is 12.3 Å². The van der Waals surface area contributed by atoms with E-state index in [1.54, 1.807) is 0 Å². The van der Waals surface area contributed by atoms with Gasteiger partial charge in [-0.2, -0.15) is 8.78 Å². The highest BCUT2D eigenvalue weighted by Gasteiger charge is 2.22. The Kier molecular flexibility index (Phi) is 6.30. The number of benzene rings is 1. The summed E-state index contributed by atoms with van der Waals surface area (Å²) in [6.07, 6.45) is 2.42. The normalized spacial score (nSPS) is 20.0. The monoisotopic (exact) mass is 343 g/mol. The first-order valence-corrected chi connectivity index (χ1v) is 8.08. The molecule has 2 rings (SSSR count). The largest absolute Gasteiger partial charge is 0.427 e. The van der Waals surface area contributed by atoms with Gasteiger partial charge < -0.3 is 10.1 Å². The number of likely N-dealkylation sites (tertiary alicyclic amines) is 1. The molecule has 0 saturated carbocycles. The SMILES string of the molecule is CC1CCCN(C(C)CNc2ccc([N+](=O)[O-])c(OC(F)F)c2)C1. The molecule has 1 N–H and O–H groups in total. The maximum absolute atomic E-state index is 12.4. The van der Waals surface area contributed by atoms with Crippen LogP contribution >= 0.6 is 0 Å². The first kappa shape index (κ1) is 18.4. The Balaban J connectivity index is 2.00. The number of halogens is 2. The van der Waals surface area contributed by atoms with Crippen molar-refractivity contribution in [2.45, 2.75) is 39.3 Å². The zero-order chi connectivity index (χ0) is 17.7. The lowest BCUT2D eigenvalue weighted by Gasteiger charge is -2.35. The van der Waals surface area contributed by atoms with E-state index < -0.39 is 23.0 Å². The Labute approximate surface area is 139 Å². The van der Waals surface area contributed by atoms with E-state index in [1.807, 2.05) is 0 Å². The van der Waals surface area contributed by atoms with Gasteiger partial charge in [-0.25, -0.2) is 0 Å². The van der Waals surface area contributed by atoms with Gasteiger partial charge in [0.15, 0.2) is 0 Å². The van der Waals surface area contributed by atoms with Crippen molar-refractivity contribution < 1.29 is 18.4 Å². The number of hydrogen-bond donors (Lipinski definition) is 1. The van der Waals surface area contributed by atoms with Crippen LogP contribution in [0.1, 0.15) is 26.7 Å². The van der Waals surface area contributed by atoms with Crippen LogP contribution in [0.5, 0.6) is 5.75 Å². The lowest BCUT2D eigenvalue weighted by molar-refractivity contribution is -0.386. The Morgan fingerprint density at radius 1 is 1.50 bits per heavy atom. The molecule has 2 atom stereocenters. The van der Waals surface area contributed by atoms with Crippen molar-refractivity contribution in [1.82, 2.24) is 4.90 Å². The first-order chi connectivity index (χ1) is 11.4. The molecule has 1 aromatic carbocycles. The van der Waals surface area contributed by atoms with E-state index in [-0.39, 0.29) is 6.04 Å². The molecule has 6 nitrogen and oxygen atoms in total. The van der Waals surface area contributed by atoms with Crippen molar-refractivity contribution in [2.75, 3.05) is 25.0 Å². The topological polar surface area (TPSA) is 67.6 Å². The Hall–Kier alpha value is -1.96. The molecule has 8 heteroatoms. The van der Waals surface area contributed by atoms with Gasteiger partial charge in [-0.1, -0.05) is 6.92 Å². The second-order valence-electron chi connectivity index (χ2n) is 6.29. The van der Waals surface area contributed by atoms with E-state index >= 15 is 0 Å². The van der Waals surface area contributed by atoms with Crippen LogP contribution in [0.15, 0.2) is 18.2 Å². The van der Waals surface area contributed by atoms with Gasteiger partial charge in [0.25, 0.3) is 0 Å². The number of hydrogen-bond acceptors (Lipinski definition) is 5. The minimum absolute atomic E-state index is 0.280. The molecule has 1 aliphatic rings. The summed E-state index contributed by atoms with van der Waals surface area (Å²) in [5.41, 5.74) is 0.0481. The molecular formula is C16H23F2N3O3. The first-order valence-electron chi connectivity index (χ1n) is 8.08. The number of anilines is 1. The van der Waals surface area contributed by atoms with Gasteiger partial charge in [0, 0.05) is 37.0 Å². The van der Waals surface area contributed by atoms with E-state index in [0.717, 1.165) is 13.1 Å². The van der Waals surface area contributed by atoms with Crippen molar-refractivity contribution in [1.29, 1.82) is 0 Å². The Bertz CT molecular complexity index is 571. The Morgan fingerprint density at radius 3 is 2.88 bits per heavy atom. The quantitative estimate of drug-likeness (QED) is 0.603. The van der Waals surface area contributed by atoms with Gasteiger partial charge in [0.2, 0.25) is 5.75 Å². The van der Waals surface area contributed by atoms with Gasteiger partial charge in [0.1, 0.15) is 0 Å². The van der Waals surface area contributed by atoms with Crippen molar-refractivity contribution in [2.24, 2.45) is 5.92 Å². The molecule has 24 heavy (non-hydrogen) atoms. The predicted octanol–water partition coefficient (Wildman–Crippen LogP) is 3.73. The van der Waals surface area contributed by atoms with Crippen LogP contribution in [0.25, 0.3) is 0 Å². The number of piperidine rings is 1. The third-order valence-electron chi connectivity index (χ3n) is 4.29. The highest BCUT2D eigenvalue weighted by molar-refractivity contribution is 5.58. The third-order valence-corrected chi connectivity index (χ3v) is 4.29. The third kappa shape index (κ3) is 5.02. The van der Waals surface area contributed by atoms with E-state index in [2.05, 4.69) is 28.8 Å². The molecule has 0 aromatic heterocycles. The number of nitro benzene ring substituents is 1. The van der Waals surface area contributed by atoms with Crippen LogP contribution < -0.4 is 10.1 Å². The predicted molar refractivity (Wildman–Crippen MR) is 87.7 cm³/mol. The summed E-state index contributed by atoms with van der Waals surface area (Å²) in [7, 11) is 0. The van der Waals surface area contributed by atoms with E-state index in [0.29, 0.717) is 18.2 Å². The fourth-order valence-electron chi connectivity index (χ4n) is 2.99. The second-order valence-corrected chi connectivity index (χ2v) is 6.29. The van der Waals surface area contributed by atoms with Crippen molar-refractivity contribution in [3.63, 3.8) is 0 Å². The zero-order valence-electron chi connectivity index (χ0n) is 13.9. The molecule has 0 bridgehead atoms. The van der Waals surface area contributed by atoms with Crippen molar-refractivity contribution >= 4 is 11.4 Å². The molecule has 0 aliphatic carbocycles. The van der Waals surface area contributed by atoms with Crippen LogP contribution in [-0.4, -0.2) is 42.1 Å². The number of nitrogens with one attached hydrogen (secondary N) is 1. The molecule has 1 saturated heterocycles. The highest BCUT2D eigenvalue weighted by atomic mass is 19.3. The highest BCUT2D eigenvalue weighted by Crippen LogP contribution is 2.31. The van der Waals surface area contributed by atoms with Gasteiger partial charge in [-0.3, -0.25) is 15.0 Å². The summed E-state index contributed by atoms with van der Waals surface area (Å²) in [6, 6.07) is 4.20. The number of ether oxygens (including phenoxy) is 1. The fourth-order valence-corrected chi connectivity index (χ4v) is 2.99. The van der Waals surface area contributed by atoms with E-state index in [4.69, 9.17) is 0 Å². The van der Waals surface area contributed by atoms with Crippen LogP contribution in [0, 0.1) is 16.0 Å². The van der Waals surface area contributed by atoms with Crippen molar-refractivity contribution in [3.8, 4) is 5.75 Å². The summed E-state index contributed by atoms with van der Waals surface area (Å²) in [4.78, 5) is 12.5. The molecule has 1 aromatic rings. The smallest absolute Gasteiger partial charge is 0.387 e. The molecule has 0 amide bonds. The summed E-state index contributed by atoms with van der Waals surface area (Å²) in [6.45, 7) is 3.95. The fraction of sp³-hybridized carbons (Fsp3) is 0.625. The average molecular weight is 343 g/mol. The van der Waals surface area contributed by atoms with Crippen LogP contribution in [0.4, 0.5) is 20.2 Å². The van der Waals surface area contributed by atoms with Gasteiger partial charge in [0.05, 0.1) is 4.92 Å². The van der Waals surface area contributed by atoms with Crippen molar-refractivity contribution in [3.05, 3.63) is 28.3 Å². The summed E-state index contributed by atoms with van der Waals surface area (Å²) >= 11 is 0. The molecular weight excluding hydrogens is 320 g/mol. The summed E-state index contributed by atoms with van der Waals surface area (Å²) in [5.74, 6) is 0.242. The number of nitrogens with zero attached hydrogens (tertiary/aromatic N) is 2. The molecule has 2 unspecified atom stereocenters. The number of rotatable bonds is 7. The Morgan fingerprint density at radius 2 is 2.25 bits per heavy atom. The minimum atomic E-state index is -3.10. The lowest BCUT2D eigenvalue weighted by atomic mass is 9.99. The summed E-state index contributed by atoms with van der Waals surface area (Å²) in [5, 5.41) is 14.0. The molecule has 1 fully saturated rings. The average Bonchev–Trinajstić information content (AvgIpc) is 2.52.